The molecule has 0 amide bonds. The van der Waals surface area contributed by atoms with Gasteiger partial charge in [0, 0.05) is 23.5 Å². The van der Waals surface area contributed by atoms with Crippen molar-refractivity contribution in [3.63, 3.8) is 0 Å². The van der Waals surface area contributed by atoms with Gasteiger partial charge in [0.1, 0.15) is 0 Å². The van der Waals surface area contributed by atoms with Gasteiger partial charge >= 0.3 is 0 Å². The average molecular weight is 243 g/mol. The first kappa shape index (κ1) is 10.7. The highest BCUT2D eigenvalue weighted by Gasteiger charge is 2.14. The topological polar surface area (TPSA) is 39.4 Å². The highest BCUT2D eigenvalue weighted by Crippen LogP contribution is 2.30. The van der Waals surface area contributed by atoms with E-state index < -0.39 is 5.82 Å². The van der Waals surface area contributed by atoms with Crippen LogP contribution < -0.4 is 4.74 Å². The second-order valence-electron chi connectivity index (χ2n) is 3.77. The van der Waals surface area contributed by atoms with Crippen molar-refractivity contribution in [1.29, 1.82) is 0 Å². The molecule has 5 heteroatoms. The third kappa shape index (κ3) is 1.52. The highest BCUT2D eigenvalue weighted by atomic mass is 19.1. The third-order valence-corrected chi connectivity index (χ3v) is 2.75. The van der Waals surface area contributed by atoms with Crippen LogP contribution in [0.1, 0.15) is 0 Å². The first-order chi connectivity index (χ1) is 8.81. The summed E-state index contributed by atoms with van der Waals surface area (Å²) in [7, 11) is 1.44. The zero-order chi connectivity index (χ0) is 12.5. The summed E-state index contributed by atoms with van der Waals surface area (Å²) in [5.74, 6) is -0.191. The molecule has 1 aromatic carbocycles. The Labute approximate surface area is 103 Å². The van der Waals surface area contributed by atoms with Gasteiger partial charge in [-0.15, -0.1) is 0 Å². The molecule has 0 N–H and O–H groups in total. The molecule has 18 heavy (non-hydrogen) atoms. The SMILES string of the molecule is COc1cccc(-c2cnn3cccnc23)c1F. The molecule has 0 radical (unpaired) electrons. The van der Waals surface area contributed by atoms with Crippen LogP contribution in [-0.4, -0.2) is 21.7 Å². The molecule has 0 aliphatic rings. The number of rotatable bonds is 2. The zero-order valence-corrected chi connectivity index (χ0v) is 9.67. The van der Waals surface area contributed by atoms with Gasteiger partial charge in [-0.1, -0.05) is 12.1 Å². The minimum absolute atomic E-state index is 0.211. The van der Waals surface area contributed by atoms with E-state index >= 15 is 0 Å². The van der Waals surface area contributed by atoms with E-state index in [0.29, 0.717) is 16.8 Å². The molecule has 0 atom stereocenters. The Hall–Kier alpha value is -2.43. The lowest BCUT2D eigenvalue weighted by atomic mass is 10.1. The summed E-state index contributed by atoms with van der Waals surface area (Å²) >= 11 is 0. The Balaban J connectivity index is 2.26. The van der Waals surface area contributed by atoms with Crippen LogP contribution in [0, 0.1) is 5.82 Å². The normalized spacial score (nSPS) is 10.8. The molecule has 90 valence electrons. The number of ether oxygens (including phenoxy) is 1. The quantitative estimate of drug-likeness (QED) is 0.694. The zero-order valence-electron chi connectivity index (χ0n) is 9.67. The van der Waals surface area contributed by atoms with Gasteiger partial charge in [-0.2, -0.15) is 5.10 Å². The molecule has 0 unspecified atom stereocenters. The average Bonchev–Trinajstić information content (AvgIpc) is 2.83. The van der Waals surface area contributed by atoms with E-state index in [2.05, 4.69) is 10.1 Å². The van der Waals surface area contributed by atoms with E-state index in [1.165, 1.54) is 7.11 Å². The Kier molecular flexibility index (Phi) is 2.44. The summed E-state index contributed by atoms with van der Waals surface area (Å²) in [5.41, 5.74) is 1.69. The van der Waals surface area contributed by atoms with E-state index in [9.17, 15) is 4.39 Å². The van der Waals surface area contributed by atoms with Crippen LogP contribution in [0.25, 0.3) is 16.8 Å². The molecule has 0 aliphatic carbocycles. The number of methoxy groups -OCH3 is 1. The Morgan fingerprint density at radius 3 is 2.94 bits per heavy atom. The first-order valence-electron chi connectivity index (χ1n) is 5.42. The number of fused-ring (bicyclic) bond motifs is 1. The summed E-state index contributed by atoms with van der Waals surface area (Å²) < 4.78 is 20.8. The summed E-state index contributed by atoms with van der Waals surface area (Å²) in [4.78, 5) is 4.21. The summed E-state index contributed by atoms with van der Waals surface area (Å²) in [6.45, 7) is 0. The lowest BCUT2D eigenvalue weighted by Gasteiger charge is -2.05. The van der Waals surface area contributed by atoms with Crippen molar-refractivity contribution in [3.8, 4) is 16.9 Å². The smallest absolute Gasteiger partial charge is 0.173 e. The van der Waals surface area contributed by atoms with Crippen molar-refractivity contribution < 1.29 is 9.13 Å². The van der Waals surface area contributed by atoms with E-state index in [-0.39, 0.29) is 5.75 Å². The van der Waals surface area contributed by atoms with Crippen molar-refractivity contribution >= 4 is 5.65 Å². The second-order valence-corrected chi connectivity index (χ2v) is 3.77. The maximum absolute atomic E-state index is 14.2. The van der Waals surface area contributed by atoms with Crippen LogP contribution in [0.2, 0.25) is 0 Å². The van der Waals surface area contributed by atoms with Gasteiger partial charge in [0.2, 0.25) is 0 Å². The molecule has 2 heterocycles. The number of halogens is 1. The molecule has 0 fully saturated rings. The van der Waals surface area contributed by atoms with Gasteiger partial charge in [0.25, 0.3) is 0 Å². The highest BCUT2D eigenvalue weighted by molar-refractivity contribution is 5.78. The maximum Gasteiger partial charge on any atom is 0.173 e. The van der Waals surface area contributed by atoms with Crippen molar-refractivity contribution in [2.45, 2.75) is 0 Å². The predicted molar refractivity (Wildman–Crippen MR) is 64.9 cm³/mol. The lowest BCUT2D eigenvalue weighted by Crippen LogP contribution is -1.92. The Bertz CT molecular complexity index is 708. The van der Waals surface area contributed by atoms with Crippen LogP contribution in [0.15, 0.2) is 42.9 Å². The van der Waals surface area contributed by atoms with Gasteiger partial charge in [-0.3, -0.25) is 0 Å². The van der Waals surface area contributed by atoms with E-state index in [1.54, 1.807) is 47.4 Å². The molecule has 0 aliphatic heterocycles. The fourth-order valence-corrected chi connectivity index (χ4v) is 1.89. The molecule has 2 aromatic heterocycles. The monoisotopic (exact) mass is 243 g/mol. The Morgan fingerprint density at radius 2 is 2.11 bits per heavy atom. The standard InChI is InChI=1S/C13H10FN3O/c1-18-11-5-2-4-9(12(11)14)10-8-16-17-7-3-6-15-13(10)17/h2-8H,1H3. The van der Waals surface area contributed by atoms with Gasteiger partial charge in [0.05, 0.1) is 13.3 Å². The van der Waals surface area contributed by atoms with Gasteiger partial charge in [-0.05, 0) is 12.1 Å². The van der Waals surface area contributed by atoms with Gasteiger partial charge in [-0.25, -0.2) is 13.9 Å². The van der Waals surface area contributed by atoms with Crippen LogP contribution in [-0.2, 0) is 0 Å². The summed E-state index contributed by atoms with van der Waals surface area (Å²) in [6.07, 6.45) is 5.02. The van der Waals surface area contributed by atoms with Crippen molar-refractivity contribution in [2.75, 3.05) is 7.11 Å². The molecular formula is C13H10FN3O. The lowest BCUT2D eigenvalue weighted by molar-refractivity contribution is 0.387. The molecule has 0 bridgehead atoms. The van der Waals surface area contributed by atoms with Crippen molar-refractivity contribution in [1.82, 2.24) is 14.6 Å². The van der Waals surface area contributed by atoms with Gasteiger partial charge < -0.3 is 4.74 Å². The number of nitrogens with zero attached hydrogens (tertiary/aromatic N) is 3. The second kappa shape index (κ2) is 4.10. The fourth-order valence-electron chi connectivity index (χ4n) is 1.89. The molecular weight excluding hydrogens is 233 g/mol. The number of benzene rings is 1. The summed E-state index contributed by atoms with van der Waals surface area (Å²) in [6, 6.07) is 6.77. The van der Waals surface area contributed by atoms with Crippen molar-refractivity contribution in [3.05, 3.63) is 48.7 Å². The molecule has 0 spiro atoms. The van der Waals surface area contributed by atoms with E-state index in [0.717, 1.165) is 0 Å². The first-order valence-corrected chi connectivity index (χ1v) is 5.42. The molecule has 0 saturated heterocycles. The predicted octanol–water partition coefficient (Wildman–Crippen LogP) is 2.54. The minimum Gasteiger partial charge on any atom is -0.494 e. The van der Waals surface area contributed by atoms with E-state index in [4.69, 9.17) is 4.74 Å². The largest absolute Gasteiger partial charge is 0.494 e. The van der Waals surface area contributed by atoms with Crippen LogP contribution in [0.4, 0.5) is 4.39 Å². The fraction of sp³-hybridized carbons (Fsp3) is 0.0769. The molecule has 3 rings (SSSR count). The maximum atomic E-state index is 14.2. The molecule has 4 nitrogen and oxygen atoms in total. The van der Waals surface area contributed by atoms with Gasteiger partial charge in [0.15, 0.2) is 17.2 Å². The number of aromatic nitrogens is 3. The van der Waals surface area contributed by atoms with Crippen LogP contribution in [0.3, 0.4) is 0 Å². The third-order valence-electron chi connectivity index (χ3n) is 2.75. The van der Waals surface area contributed by atoms with Crippen molar-refractivity contribution in [2.24, 2.45) is 0 Å². The van der Waals surface area contributed by atoms with E-state index in [1.807, 2.05) is 0 Å². The minimum atomic E-state index is -0.402. The summed E-state index contributed by atoms with van der Waals surface area (Å²) in [5, 5.41) is 4.14. The Morgan fingerprint density at radius 1 is 1.22 bits per heavy atom. The van der Waals surface area contributed by atoms with Crippen LogP contribution >= 0.6 is 0 Å². The molecule has 0 saturated carbocycles. The molecule has 3 aromatic rings. The van der Waals surface area contributed by atoms with Crippen LogP contribution in [0.5, 0.6) is 5.75 Å². The number of hydrogen-bond acceptors (Lipinski definition) is 3. The number of hydrogen-bond donors (Lipinski definition) is 0.